The summed E-state index contributed by atoms with van der Waals surface area (Å²) in [7, 11) is 3.62. The van der Waals surface area contributed by atoms with Gasteiger partial charge in [0.15, 0.2) is 5.82 Å². The molecule has 0 aliphatic carbocycles. The van der Waals surface area contributed by atoms with E-state index in [0.717, 1.165) is 25.9 Å². The Labute approximate surface area is 107 Å². The van der Waals surface area contributed by atoms with Gasteiger partial charge in [0.25, 0.3) is 0 Å². The van der Waals surface area contributed by atoms with Crippen molar-refractivity contribution in [3.63, 3.8) is 0 Å². The summed E-state index contributed by atoms with van der Waals surface area (Å²) in [5, 5.41) is 3.78. The molecular formula is C12H20N4O2. The average molecular weight is 252 g/mol. The first kappa shape index (κ1) is 13.0. The fourth-order valence-electron chi connectivity index (χ4n) is 2.36. The van der Waals surface area contributed by atoms with E-state index in [1.807, 2.05) is 21.0 Å². The first-order chi connectivity index (χ1) is 8.56. The molecule has 1 amide bonds. The van der Waals surface area contributed by atoms with Crippen LogP contribution in [0.3, 0.4) is 0 Å². The van der Waals surface area contributed by atoms with Crippen LogP contribution in [0, 0.1) is 12.8 Å². The monoisotopic (exact) mass is 252 g/mol. The SMILES string of the molecule is Cc1noc(CN2CCCC(C(=O)N(C)C)C2)n1. The maximum Gasteiger partial charge on any atom is 0.240 e. The summed E-state index contributed by atoms with van der Waals surface area (Å²) in [6.45, 7) is 4.21. The number of piperidine rings is 1. The number of rotatable bonds is 3. The molecule has 0 spiro atoms. The molecule has 1 aliphatic heterocycles. The number of amides is 1. The highest BCUT2D eigenvalue weighted by Gasteiger charge is 2.27. The average Bonchev–Trinajstić information content (AvgIpc) is 2.74. The Balaban J connectivity index is 1.92. The van der Waals surface area contributed by atoms with E-state index < -0.39 is 0 Å². The lowest BCUT2D eigenvalue weighted by molar-refractivity contribution is -0.134. The molecule has 1 saturated heterocycles. The van der Waals surface area contributed by atoms with Crippen LogP contribution in [0.4, 0.5) is 0 Å². The first-order valence-corrected chi connectivity index (χ1v) is 6.29. The summed E-state index contributed by atoms with van der Waals surface area (Å²) in [5.41, 5.74) is 0. The summed E-state index contributed by atoms with van der Waals surface area (Å²) in [4.78, 5) is 20.0. The van der Waals surface area contributed by atoms with Crippen LogP contribution in [-0.2, 0) is 11.3 Å². The number of carbonyl (C=O) groups excluding carboxylic acids is 1. The molecule has 1 fully saturated rings. The number of likely N-dealkylation sites (tertiary alicyclic amines) is 1. The standard InChI is InChI=1S/C12H20N4O2/c1-9-13-11(18-14-9)8-16-6-4-5-10(7-16)12(17)15(2)3/h10H,4-8H2,1-3H3. The number of hydrogen-bond donors (Lipinski definition) is 0. The molecule has 6 nitrogen and oxygen atoms in total. The van der Waals surface area contributed by atoms with Gasteiger partial charge in [0.2, 0.25) is 11.8 Å². The topological polar surface area (TPSA) is 62.5 Å². The van der Waals surface area contributed by atoms with Crippen LogP contribution in [0.2, 0.25) is 0 Å². The summed E-state index contributed by atoms with van der Waals surface area (Å²) in [6, 6.07) is 0. The van der Waals surface area contributed by atoms with Gasteiger partial charge in [-0.15, -0.1) is 0 Å². The molecule has 18 heavy (non-hydrogen) atoms. The Hall–Kier alpha value is -1.43. The third kappa shape index (κ3) is 3.07. The van der Waals surface area contributed by atoms with Crippen molar-refractivity contribution in [3.05, 3.63) is 11.7 Å². The fraction of sp³-hybridized carbons (Fsp3) is 0.750. The Morgan fingerprint density at radius 3 is 2.94 bits per heavy atom. The molecule has 2 heterocycles. The van der Waals surface area contributed by atoms with Crippen LogP contribution >= 0.6 is 0 Å². The van der Waals surface area contributed by atoms with Crippen molar-refractivity contribution >= 4 is 5.91 Å². The van der Waals surface area contributed by atoms with Crippen molar-refractivity contribution in [1.82, 2.24) is 19.9 Å². The maximum absolute atomic E-state index is 11.9. The van der Waals surface area contributed by atoms with Gasteiger partial charge < -0.3 is 9.42 Å². The van der Waals surface area contributed by atoms with E-state index in [9.17, 15) is 4.79 Å². The summed E-state index contributed by atoms with van der Waals surface area (Å²) >= 11 is 0. The lowest BCUT2D eigenvalue weighted by Crippen LogP contribution is -2.42. The highest BCUT2D eigenvalue weighted by Crippen LogP contribution is 2.19. The minimum Gasteiger partial charge on any atom is -0.349 e. The van der Waals surface area contributed by atoms with Crippen molar-refractivity contribution in [2.45, 2.75) is 26.3 Å². The third-order valence-corrected chi connectivity index (χ3v) is 3.22. The van der Waals surface area contributed by atoms with Gasteiger partial charge in [0, 0.05) is 20.6 Å². The Bertz CT molecular complexity index is 416. The normalized spacial score (nSPS) is 20.9. The number of aromatic nitrogens is 2. The number of nitrogens with zero attached hydrogens (tertiary/aromatic N) is 4. The van der Waals surface area contributed by atoms with E-state index in [2.05, 4.69) is 15.0 Å². The minimum atomic E-state index is 0.0952. The molecule has 0 radical (unpaired) electrons. The molecule has 0 saturated carbocycles. The molecule has 2 rings (SSSR count). The van der Waals surface area contributed by atoms with Gasteiger partial charge in [-0.2, -0.15) is 4.98 Å². The Morgan fingerprint density at radius 1 is 1.56 bits per heavy atom. The Morgan fingerprint density at radius 2 is 2.33 bits per heavy atom. The van der Waals surface area contributed by atoms with Crippen LogP contribution in [0.15, 0.2) is 4.52 Å². The zero-order valence-corrected chi connectivity index (χ0v) is 11.2. The second-order valence-electron chi connectivity index (χ2n) is 5.04. The highest BCUT2D eigenvalue weighted by atomic mass is 16.5. The molecule has 100 valence electrons. The minimum absolute atomic E-state index is 0.0952. The molecule has 1 unspecified atom stereocenters. The number of hydrogen-bond acceptors (Lipinski definition) is 5. The van der Waals surface area contributed by atoms with Gasteiger partial charge >= 0.3 is 0 Å². The molecule has 0 aromatic carbocycles. The van der Waals surface area contributed by atoms with Crippen LogP contribution in [0.25, 0.3) is 0 Å². The van der Waals surface area contributed by atoms with Crippen LogP contribution in [-0.4, -0.2) is 53.0 Å². The molecule has 6 heteroatoms. The van der Waals surface area contributed by atoms with Crippen molar-refractivity contribution in [1.29, 1.82) is 0 Å². The largest absolute Gasteiger partial charge is 0.349 e. The van der Waals surface area contributed by atoms with Gasteiger partial charge in [-0.25, -0.2) is 0 Å². The summed E-state index contributed by atoms with van der Waals surface area (Å²) in [6.07, 6.45) is 2.01. The van der Waals surface area contributed by atoms with Gasteiger partial charge in [0.1, 0.15) is 0 Å². The van der Waals surface area contributed by atoms with E-state index in [4.69, 9.17) is 4.52 Å². The van der Waals surface area contributed by atoms with Gasteiger partial charge in [0.05, 0.1) is 12.5 Å². The summed E-state index contributed by atoms with van der Waals surface area (Å²) < 4.78 is 5.11. The lowest BCUT2D eigenvalue weighted by atomic mass is 9.97. The van der Waals surface area contributed by atoms with Crippen molar-refractivity contribution in [2.75, 3.05) is 27.2 Å². The first-order valence-electron chi connectivity index (χ1n) is 6.29. The van der Waals surface area contributed by atoms with Gasteiger partial charge in [-0.3, -0.25) is 9.69 Å². The van der Waals surface area contributed by atoms with E-state index in [0.29, 0.717) is 18.3 Å². The van der Waals surface area contributed by atoms with Crippen LogP contribution < -0.4 is 0 Å². The zero-order valence-electron chi connectivity index (χ0n) is 11.2. The predicted molar refractivity (Wildman–Crippen MR) is 65.7 cm³/mol. The molecule has 1 atom stereocenters. The van der Waals surface area contributed by atoms with E-state index in [-0.39, 0.29) is 11.8 Å². The van der Waals surface area contributed by atoms with E-state index in [1.54, 1.807) is 4.90 Å². The molecular weight excluding hydrogens is 232 g/mol. The molecule has 1 aliphatic rings. The van der Waals surface area contributed by atoms with Crippen molar-refractivity contribution in [2.24, 2.45) is 5.92 Å². The zero-order chi connectivity index (χ0) is 13.1. The quantitative estimate of drug-likeness (QED) is 0.791. The van der Waals surface area contributed by atoms with Gasteiger partial charge in [-0.1, -0.05) is 5.16 Å². The highest BCUT2D eigenvalue weighted by molar-refractivity contribution is 5.78. The Kier molecular flexibility index (Phi) is 3.96. The smallest absolute Gasteiger partial charge is 0.240 e. The maximum atomic E-state index is 11.9. The molecule has 0 N–H and O–H groups in total. The van der Waals surface area contributed by atoms with Gasteiger partial charge in [-0.05, 0) is 26.3 Å². The second kappa shape index (κ2) is 5.48. The molecule has 1 aromatic rings. The van der Waals surface area contributed by atoms with Crippen LogP contribution in [0.1, 0.15) is 24.6 Å². The van der Waals surface area contributed by atoms with E-state index in [1.165, 1.54) is 0 Å². The lowest BCUT2D eigenvalue weighted by Gasteiger charge is -2.32. The number of aryl methyl sites for hydroxylation is 1. The van der Waals surface area contributed by atoms with E-state index >= 15 is 0 Å². The van der Waals surface area contributed by atoms with Crippen molar-refractivity contribution < 1.29 is 9.32 Å². The van der Waals surface area contributed by atoms with Crippen LogP contribution in [0.5, 0.6) is 0 Å². The number of carbonyl (C=O) groups is 1. The molecule has 0 bridgehead atoms. The fourth-order valence-corrected chi connectivity index (χ4v) is 2.36. The predicted octanol–water partition coefficient (Wildman–Crippen LogP) is 0.678. The van der Waals surface area contributed by atoms with Crippen molar-refractivity contribution in [3.8, 4) is 0 Å². The second-order valence-corrected chi connectivity index (χ2v) is 5.04. The molecule has 1 aromatic heterocycles. The summed E-state index contributed by atoms with van der Waals surface area (Å²) in [5.74, 6) is 1.59. The third-order valence-electron chi connectivity index (χ3n) is 3.22.